The zero-order valence-electron chi connectivity index (χ0n) is 8.72. The second-order valence-corrected chi connectivity index (χ2v) is 3.54. The van der Waals surface area contributed by atoms with Crippen LogP contribution in [0.4, 0.5) is 0 Å². The molecule has 82 valence electrons. The molecule has 0 saturated carbocycles. The molecule has 16 heavy (non-hydrogen) atoms. The Kier molecular flexibility index (Phi) is 2.77. The first-order valence-electron chi connectivity index (χ1n) is 5.04. The molecule has 1 aromatic carbocycles. The van der Waals surface area contributed by atoms with Crippen LogP contribution in [0, 0.1) is 0 Å². The summed E-state index contributed by atoms with van der Waals surface area (Å²) in [7, 11) is 0. The van der Waals surface area contributed by atoms with Gasteiger partial charge in [-0.3, -0.25) is 0 Å². The number of carbonyl (C=O) groups is 1. The zero-order valence-corrected chi connectivity index (χ0v) is 8.72. The first-order valence-corrected chi connectivity index (χ1v) is 5.04. The Morgan fingerprint density at radius 1 is 1.50 bits per heavy atom. The fourth-order valence-corrected chi connectivity index (χ4v) is 1.77. The van der Waals surface area contributed by atoms with Crippen LogP contribution in [0.1, 0.15) is 23.7 Å². The van der Waals surface area contributed by atoms with E-state index in [-0.39, 0.29) is 11.9 Å². The SMILES string of the molecule is C=CC(=O)OC1CC=C(O)c2ccccc21. The summed E-state index contributed by atoms with van der Waals surface area (Å²) < 4.78 is 5.20. The smallest absolute Gasteiger partial charge is 0.330 e. The maximum Gasteiger partial charge on any atom is 0.330 e. The van der Waals surface area contributed by atoms with Crippen LogP contribution in [0.15, 0.2) is 43.0 Å². The predicted octanol–water partition coefficient (Wildman–Crippen LogP) is 2.76. The minimum atomic E-state index is -0.449. The van der Waals surface area contributed by atoms with Crippen molar-refractivity contribution >= 4 is 11.7 Å². The fourth-order valence-electron chi connectivity index (χ4n) is 1.77. The van der Waals surface area contributed by atoms with Crippen LogP contribution in [-0.4, -0.2) is 11.1 Å². The predicted molar refractivity (Wildman–Crippen MR) is 60.7 cm³/mol. The van der Waals surface area contributed by atoms with E-state index in [1.54, 1.807) is 12.1 Å². The van der Waals surface area contributed by atoms with Gasteiger partial charge in [-0.2, -0.15) is 0 Å². The average molecular weight is 216 g/mol. The molecule has 2 rings (SSSR count). The van der Waals surface area contributed by atoms with Gasteiger partial charge in [-0.05, 0) is 6.08 Å². The maximum atomic E-state index is 11.1. The lowest BCUT2D eigenvalue weighted by Crippen LogP contribution is -2.13. The van der Waals surface area contributed by atoms with Crippen molar-refractivity contribution in [3.8, 4) is 0 Å². The van der Waals surface area contributed by atoms with E-state index >= 15 is 0 Å². The van der Waals surface area contributed by atoms with E-state index < -0.39 is 5.97 Å². The highest BCUT2D eigenvalue weighted by atomic mass is 16.5. The lowest BCUT2D eigenvalue weighted by atomic mass is 9.93. The number of carbonyl (C=O) groups excluding carboxylic acids is 1. The number of rotatable bonds is 2. The molecule has 1 N–H and O–H groups in total. The third kappa shape index (κ3) is 1.84. The highest BCUT2D eigenvalue weighted by molar-refractivity contribution is 5.81. The van der Waals surface area contributed by atoms with Crippen molar-refractivity contribution in [1.29, 1.82) is 0 Å². The van der Waals surface area contributed by atoms with Gasteiger partial charge in [-0.1, -0.05) is 30.8 Å². The Hall–Kier alpha value is -2.03. The normalized spacial score (nSPS) is 18.2. The summed E-state index contributed by atoms with van der Waals surface area (Å²) in [6, 6.07) is 7.33. The third-order valence-corrected chi connectivity index (χ3v) is 2.53. The molecular weight excluding hydrogens is 204 g/mol. The van der Waals surface area contributed by atoms with E-state index in [0.29, 0.717) is 6.42 Å². The van der Waals surface area contributed by atoms with Crippen molar-refractivity contribution < 1.29 is 14.6 Å². The van der Waals surface area contributed by atoms with Crippen LogP contribution in [-0.2, 0) is 9.53 Å². The minimum absolute atomic E-state index is 0.238. The van der Waals surface area contributed by atoms with Crippen LogP contribution in [0.5, 0.6) is 0 Å². The van der Waals surface area contributed by atoms with Crippen molar-refractivity contribution in [3.05, 3.63) is 54.1 Å². The van der Waals surface area contributed by atoms with Crippen LogP contribution >= 0.6 is 0 Å². The molecule has 0 amide bonds. The molecule has 0 aromatic heterocycles. The number of benzene rings is 1. The van der Waals surface area contributed by atoms with Gasteiger partial charge < -0.3 is 9.84 Å². The lowest BCUT2D eigenvalue weighted by molar-refractivity contribution is -0.143. The Bertz CT molecular complexity index is 460. The molecule has 1 unspecified atom stereocenters. The van der Waals surface area contributed by atoms with Gasteiger partial charge in [0.05, 0.1) is 0 Å². The first-order chi connectivity index (χ1) is 7.72. The summed E-state index contributed by atoms with van der Waals surface area (Å²) in [5.41, 5.74) is 1.55. The Morgan fingerprint density at radius 2 is 2.25 bits per heavy atom. The van der Waals surface area contributed by atoms with E-state index in [1.165, 1.54) is 0 Å². The van der Waals surface area contributed by atoms with E-state index in [4.69, 9.17) is 4.74 Å². The molecule has 0 saturated heterocycles. The second kappa shape index (κ2) is 4.23. The first kappa shape index (κ1) is 10.5. The number of aliphatic hydroxyl groups is 1. The summed E-state index contributed by atoms with van der Waals surface area (Å²) in [6.07, 6.45) is 2.95. The molecule has 0 radical (unpaired) electrons. The number of hydrogen-bond donors (Lipinski definition) is 1. The molecular formula is C13H12O3. The number of aliphatic hydroxyl groups excluding tert-OH is 1. The number of esters is 1. The molecule has 0 fully saturated rings. The lowest BCUT2D eigenvalue weighted by Gasteiger charge is -2.22. The molecule has 3 heteroatoms. The van der Waals surface area contributed by atoms with Crippen LogP contribution < -0.4 is 0 Å². The summed E-state index contributed by atoms with van der Waals surface area (Å²) in [5, 5.41) is 9.67. The molecule has 0 spiro atoms. The van der Waals surface area contributed by atoms with E-state index in [2.05, 4.69) is 6.58 Å². The zero-order chi connectivity index (χ0) is 11.5. The highest BCUT2D eigenvalue weighted by Crippen LogP contribution is 2.33. The Balaban J connectivity index is 2.32. The van der Waals surface area contributed by atoms with Crippen LogP contribution in [0.25, 0.3) is 5.76 Å². The van der Waals surface area contributed by atoms with E-state index in [1.807, 2.05) is 18.2 Å². The topological polar surface area (TPSA) is 46.5 Å². The van der Waals surface area contributed by atoms with Gasteiger partial charge in [0.15, 0.2) is 0 Å². The van der Waals surface area contributed by atoms with E-state index in [0.717, 1.165) is 17.2 Å². The average Bonchev–Trinajstić information content (AvgIpc) is 2.33. The molecule has 1 aliphatic carbocycles. The largest absolute Gasteiger partial charge is 0.508 e. The van der Waals surface area contributed by atoms with Gasteiger partial charge in [-0.25, -0.2) is 4.79 Å². The summed E-state index contributed by atoms with van der Waals surface area (Å²) in [4.78, 5) is 11.1. The highest BCUT2D eigenvalue weighted by Gasteiger charge is 2.23. The second-order valence-electron chi connectivity index (χ2n) is 3.54. The number of hydrogen-bond acceptors (Lipinski definition) is 3. The molecule has 0 heterocycles. The van der Waals surface area contributed by atoms with Gasteiger partial charge in [0.25, 0.3) is 0 Å². The van der Waals surface area contributed by atoms with Crippen LogP contribution in [0.3, 0.4) is 0 Å². The van der Waals surface area contributed by atoms with Gasteiger partial charge in [0, 0.05) is 23.6 Å². The Labute approximate surface area is 93.7 Å². The van der Waals surface area contributed by atoms with Gasteiger partial charge >= 0.3 is 5.97 Å². The molecule has 1 atom stereocenters. The standard InChI is InChI=1S/C13H12O3/c1-2-13(15)16-12-8-7-11(14)9-5-3-4-6-10(9)12/h2-7,12,14H,1,8H2. The third-order valence-electron chi connectivity index (χ3n) is 2.53. The van der Waals surface area contributed by atoms with E-state index in [9.17, 15) is 9.90 Å². The minimum Gasteiger partial charge on any atom is -0.508 e. The van der Waals surface area contributed by atoms with Crippen LogP contribution in [0.2, 0.25) is 0 Å². The van der Waals surface area contributed by atoms with Gasteiger partial charge in [0.2, 0.25) is 0 Å². The summed E-state index contributed by atoms with van der Waals surface area (Å²) in [6.45, 7) is 3.36. The van der Waals surface area contributed by atoms with Crippen molar-refractivity contribution in [2.45, 2.75) is 12.5 Å². The molecule has 0 bridgehead atoms. The Morgan fingerprint density at radius 3 is 3.00 bits per heavy atom. The molecule has 1 aromatic rings. The molecule has 1 aliphatic rings. The van der Waals surface area contributed by atoms with Crippen molar-refractivity contribution in [2.24, 2.45) is 0 Å². The summed E-state index contributed by atoms with van der Waals surface area (Å²) >= 11 is 0. The quantitative estimate of drug-likeness (QED) is 0.610. The van der Waals surface area contributed by atoms with Crippen molar-refractivity contribution in [3.63, 3.8) is 0 Å². The van der Waals surface area contributed by atoms with Gasteiger partial charge in [0.1, 0.15) is 11.9 Å². The van der Waals surface area contributed by atoms with Crippen molar-refractivity contribution in [2.75, 3.05) is 0 Å². The number of fused-ring (bicyclic) bond motifs is 1. The monoisotopic (exact) mass is 216 g/mol. The van der Waals surface area contributed by atoms with Crippen molar-refractivity contribution in [1.82, 2.24) is 0 Å². The van der Waals surface area contributed by atoms with Gasteiger partial charge in [-0.15, -0.1) is 0 Å². The number of ether oxygens (including phenoxy) is 1. The maximum absolute atomic E-state index is 11.1. The fraction of sp³-hybridized carbons (Fsp3) is 0.154. The molecule has 3 nitrogen and oxygen atoms in total. The summed E-state index contributed by atoms with van der Waals surface area (Å²) in [5.74, 6) is -0.212. The molecule has 0 aliphatic heterocycles.